The van der Waals surface area contributed by atoms with Gasteiger partial charge in [-0.15, -0.1) is 0 Å². The molecule has 1 aliphatic rings. The van der Waals surface area contributed by atoms with Crippen molar-refractivity contribution in [1.29, 1.82) is 0 Å². The van der Waals surface area contributed by atoms with Crippen molar-refractivity contribution in [3.63, 3.8) is 0 Å². The molecule has 1 saturated heterocycles. The normalized spacial score (nSPS) is 18.5. The molecule has 2 rings (SSSR count). The molecule has 0 saturated carbocycles. The molecule has 1 N–H and O–H groups in total. The van der Waals surface area contributed by atoms with Gasteiger partial charge in [-0.1, -0.05) is 30.3 Å². The summed E-state index contributed by atoms with van der Waals surface area (Å²) in [5.74, 6) is 0.616. The summed E-state index contributed by atoms with van der Waals surface area (Å²) in [5.41, 5.74) is 0.373. The van der Waals surface area contributed by atoms with Gasteiger partial charge in [-0.05, 0) is 24.1 Å². The minimum Gasteiger partial charge on any atom is -0.468 e. The van der Waals surface area contributed by atoms with Gasteiger partial charge in [-0.25, -0.2) is 4.79 Å². The van der Waals surface area contributed by atoms with Gasteiger partial charge >= 0.3 is 16.2 Å². The topological polar surface area (TPSA) is 102 Å². The van der Waals surface area contributed by atoms with Crippen molar-refractivity contribution in [2.75, 3.05) is 13.7 Å². The summed E-state index contributed by atoms with van der Waals surface area (Å²) in [5, 5.41) is 0. The first-order chi connectivity index (χ1) is 11.5. The van der Waals surface area contributed by atoms with Crippen LogP contribution in [0, 0.1) is 0 Å². The Kier molecular flexibility index (Phi) is 6.10. The molecule has 1 aromatic carbocycles. The number of methoxy groups -OCH3 is 1. The summed E-state index contributed by atoms with van der Waals surface area (Å²) in [6.45, 7) is 0.157. The Morgan fingerprint density at radius 3 is 2.62 bits per heavy atom. The third-order valence-electron chi connectivity index (χ3n) is 3.61. The summed E-state index contributed by atoms with van der Waals surface area (Å²) >= 11 is 0. The fourth-order valence-electron chi connectivity index (χ4n) is 2.43. The Hall–Kier alpha value is -2.19. The third-order valence-corrected chi connectivity index (χ3v) is 4.96. The van der Waals surface area contributed by atoms with Gasteiger partial charge < -0.3 is 9.57 Å². The molecule has 24 heavy (non-hydrogen) atoms. The second kappa shape index (κ2) is 8.07. The predicted octanol–water partition coefficient (Wildman–Crippen LogP) is 0.653. The van der Waals surface area contributed by atoms with Crippen LogP contribution in [0.4, 0.5) is 0 Å². The zero-order valence-corrected chi connectivity index (χ0v) is 13.9. The van der Waals surface area contributed by atoms with Gasteiger partial charge in [-0.2, -0.15) is 12.7 Å². The quantitative estimate of drug-likeness (QED) is 0.348. The molecule has 0 spiro atoms. The maximum absolute atomic E-state index is 12.4. The number of carbonyl (C=O) groups excluding carboxylic acids is 2. The van der Waals surface area contributed by atoms with E-state index in [-0.39, 0.29) is 12.3 Å². The zero-order valence-electron chi connectivity index (χ0n) is 13.1. The number of piperidine rings is 1. The van der Waals surface area contributed by atoms with E-state index in [1.807, 2.05) is 4.89 Å². The van der Waals surface area contributed by atoms with Gasteiger partial charge in [0, 0.05) is 12.1 Å². The van der Waals surface area contributed by atoms with E-state index in [0.717, 1.165) is 10.7 Å². The lowest BCUT2D eigenvalue weighted by Crippen LogP contribution is -2.52. The molecule has 130 valence electrons. The molecule has 0 amide bonds. The molecule has 1 fully saturated rings. The minimum absolute atomic E-state index is 0.157. The summed E-state index contributed by atoms with van der Waals surface area (Å²) in [6, 6.07) is 7.32. The molecule has 9 heteroatoms. The SMILES string of the molecule is COC(=O)C1CCCCN1S(=O)(=O)NOC(=C=O)c1ccccc1. The van der Waals surface area contributed by atoms with Crippen LogP contribution in [0.2, 0.25) is 0 Å². The molecule has 1 aliphatic heterocycles. The lowest BCUT2D eigenvalue weighted by atomic mass is 10.1. The van der Waals surface area contributed by atoms with E-state index in [0.29, 0.717) is 18.4 Å². The average molecular weight is 354 g/mol. The van der Waals surface area contributed by atoms with Gasteiger partial charge in [0.05, 0.1) is 7.11 Å². The molecule has 1 unspecified atom stereocenters. The van der Waals surface area contributed by atoms with E-state index in [9.17, 15) is 18.0 Å². The maximum Gasteiger partial charge on any atom is 0.324 e. The lowest BCUT2D eigenvalue weighted by molar-refractivity contribution is -0.146. The number of hydrogen-bond acceptors (Lipinski definition) is 6. The van der Waals surface area contributed by atoms with E-state index < -0.39 is 22.2 Å². The van der Waals surface area contributed by atoms with Crippen LogP contribution in [-0.2, 0) is 29.4 Å². The van der Waals surface area contributed by atoms with Gasteiger partial charge in [0.2, 0.25) is 5.76 Å². The van der Waals surface area contributed by atoms with Crippen LogP contribution in [-0.4, -0.2) is 44.3 Å². The van der Waals surface area contributed by atoms with Crippen LogP contribution in [0.3, 0.4) is 0 Å². The highest BCUT2D eigenvalue weighted by atomic mass is 32.2. The second-order valence-corrected chi connectivity index (χ2v) is 6.72. The number of nitrogens with one attached hydrogen (secondary N) is 1. The average Bonchev–Trinajstić information content (AvgIpc) is 2.62. The van der Waals surface area contributed by atoms with Gasteiger partial charge in [-0.3, -0.25) is 4.79 Å². The highest BCUT2D eigenvalue weighted by Gasteiger charge is 2.38. The lowest BCUT2D eigenvalue weighted by Gasteiger charge is -2.32. The van der Waals surface area contributed by atoms with Gasteiger partial charge in [0.1, 0.15) is 6.04 Å². The summed E-state index contributed by atoms with van der Waals surface area (Å²) in [4.78, 5) is 29.6. The maximum atomic E-state index is 12.4. The number of rotatable bonds is 6. The van der Waals surface area contributed by atoms with Crippen LogP contribution < -0.4 is 4.89 Å². The van der Waals surface area contributed by atoms with Crippen molar-refractivity contribution in [3.05, 3.63) is 35.9 Å². The summed E-state index contributed by atoms with van der Waals surface area (Å²) < 4.78 is 30.4. The van der Waals surface area contributed by atoms with Crippen LogP contribution in [0.15, 0.2) is 30.3 Å². The first kappa shape index (κ1) is 18.2. The Bertz CT molecular complexity index is 728. The van der Waals surface area contributed by atoms with Crippen LogP contribution in [0.5, 0.6) is 0 Å². The molecule has 1 aromatic rings. The van der Waals surface area contributed by atoms with Crippen molar-refractivity contribution in [3.8, 4) is 0 Å². The van der Waals surface area contributed by atoms with Crippen molar-refractivity contribution < 1.29 is 27.6 Å². The summed E-state index contributed by atoms with van der Waals surface area (Å²) in [7, 11) is -2.94. The fraction of sp³-hybridized carbons (Fsp3) is 0.400. The molecule has 8 nitrogen and oxygen atoms in total. The standard InChI is InChI=1S/C15H18N2O6S/c1-22-15(19)13-9-5-6-10-17(13)24(20,21)16-23-14(11-18)12-7-3-2-4-8-12/h2-4,7-8,13,16H,5-6,9-10H2,1H3. The minimum atomic E-state index is -4.14. The van der Waals surface area contributed by atoms with Crippen molar-refractivity contribution in [1.82, 2.24) is 9.19 Å². The molecule has 0 aromatic heterocycles. The van der Waals surface area contributed by atoms with Gasteiger partial charge in [0.15, 0.2) is 5.94 Å². The monoisotopic (exact) mass is 354 g/mol. The van der Waals surface area contributed by atoms with E-state index in [4.69, 9.17) is 4.84 Å². The van der Waals surface area contributed by atoms with Crippen molar-refractivity contribution >= 4 is 27.9 Å². The Morgan fingerprint density at radius 1 is 1.29 bits per heavy atom. The number of nitrogens with zero attached hydrogens (tertiary/aromatic N) is 1. The van der Waals surface area contributed by atoms with Crippen molar-refractivity contribution in [2.45, 2.75) is 25.3 Å². The van der Waals surface area contributed by atoms with E-state index in [1.54, 1.807) is 36.3 Å². The molecule has 0 aliphatic carbocycles. The molecule has 1 atom stereocenters. The number of carbonyl (C=O) groups is 1. The molecular formula is C15H18N2O6S. The van der Waals surface area contributed by atoms with Crippen molar-refractivity contribution in [2.24, 2.45) is 0 Å². The molecule has 1 heterocycles. The van der Waals surface area contributed by atoms with Gasteiger partial charge in [0.25, 0.3) is 0 Å². The van der Waals surface area contributed by atoms with Crippen LogP contribution in [0.25, 0.3) is 5.76 Å². The van der Waals surface area contributed by atoms with Crippen LogP contribution >= 0.6 is 0 Å². The first-order valence-corrected chi connectivity index (χ1v) is 8.77. The zero-order chi connectivity index (χ0) is 17.6. The number of esters is 1. The molecule has 0 bridgehead atoms. The van der Waals surface area contributed by atoms with E-state index in [2.05, 4.69) is 4.74 Å². The van der Waals surface area contributed by atoms with E-state index >= 15 is 0 Å². The van der Waals surface area contributed by atoms with Crippen LogP contribution in [0.1, 0.15) is 24.8 Å². The number of benzene rings is 1. The Morgan fingerprint density at radius 2 is 2.00 bits per heavy atom. The number of ether oxygens (including phenoxy) is 1. The number of hydrogen-bond donors (Lipinski definition) is 1. The highest BCUT2D eigenvalue weighted by molar-refractivity contribution is 7.87. The second-order valence-electron chi connectivity index (χ2n) is 5.13. The Labute approximate surface area is 140 Å². The largest absolute Gasteiger partial charge is 0.468 e. The summed E-state index contributed by atoms with van der Waals surface area (Å²) in [6.07, 6.45) is 1.70. The first-order valence-electron chi connectivity index (χ1n) is 7.33. The fourth-order valence-corrected chi connectivity index (χ4v) is 3.62. The third kappa shape index (κ3) is 4.21. The smallest absolute Gasteiger partial charge is 0.324 e. The Balaban J connectivity index is 2.12. The highest BCUT2D eigenvalue weighted by Crippen LogP contribution is 2.21. The predicted molar refractivity (Wildman–Crippen MR) is 85.0 cm³/mol. The molecular weight excluding hydrogens is 336 g/mol. The molecule has 0 radical (unpaired) electrons. The van der Waals surface area contributed by atoms with E-state index in [1.165, 1.54) is 7.11 Å².